The van der Waals surface area contributed by atoms with Crippen LogP contribution in [0, 0.1) is 13.8 Å². The molecule has 1 N–H and O–H groups in total. The Morgan fingerprint density at radius 1 is 1.19 bits per heavy atom. The number of benzene rings is 1. The van der Waals surface area contributed by atoms with E-state index in [1.807, 2.05) is 13.8 Å². The number of carbonyl (C=O) groups is 2. The molecule has 9 heteroatoms. The van der Waals surface area contributed by atoms with Gasteiger partial charge in [-0.25, -0.2) is 4.79 Å². The lowest BCUT2D eigenvalue weighted by Crippen LogP contribution is -2.28. The van der Waals surface area contributed by atoms with Gasteiger partial charge in [-0.2, -0.15) is 8.78 Å². The Hall–Kier alpha value is -2.68. The molecule has 2 rings (SSSR count). The summed E-state index contributed by atoms with van der Waals surface area (Å²) in [5, 5.41) is 2.58. The molecule has 0 spiro atoms. The van der Waals surface area contributed by atoms with Crippen molar-refractivity contribution in [3.8, 4) is 11.5 Å². The number of alkyl halides is 2. The van der Waals surface area contributed by atoms with Crippen LogP contribution < -0.4 is 14.8 Å². The Bertz CT molecular complexity index is 822. The first-order chi connectivity index (χ1) is 12.8. The minimum atomic E-state index is -2.96. The van der Waals surface area contributed by atoms with Crippen LogP contribution in [0.1, 0.15) is 25.7 Å². The summed E-state index contributed by atoms with van der Waals surface area (Å²) >= 11 is 1.48. The molecule has 0 aliphatic rings. The molecule has 1 aromatic carbocycles. The summed E-state index contributed by atoms with van der Waals surface area (Å²) in [7, 11) is 1.32. The number of hydrogen-bond donors (Lipinski definition) is 1. The third-order valence-electron chi connectivity index (χ3n) is 3.53. The van der Waals surface area contributed by atoms with Crippen LogP contribution in [0.5, 0.6) is 11.5 Å². The van der Waals surface area contributed by atoms with E-state index in [9.17, 15) is 18.4 Å². The smallest absolute Gasteiger partial charge is 0.387 e. The summed E-state index contributed by atoms with van der Waals surface area (Å²) in [6.07, 6.45) is 0. The van der Waals surface area contributed by atoms with E-state index in [0.717, 1.165) is 9.75 Å². The second-order valence-corrected chi connectivity index (χ2v) is 7.00. The number of carbonyl (C=O) groups excluding carboxylic acids is 2. The van der Waals surface area contributed by atoms with Crippen molar-refractivity contribution in [1.29, 1.82) is 0 Å². The fraction of sp³-hybridized carbons (Fsp3) is 0.333. The molecule has 0 radical (unpaired) electrons. The summed E-state index contributed by atoms with van der Waals surface area (Å²) in [4.78, 5) is 25.7. The maximum absolute atomic E-state index is 12.3. The number of halogens is 2. The quantitative estimate of drug-likeness (QED) is 0.689. The number of ether oxygens (including phenoxy) is 3. The van der Waals surface area contributed by atoms with Gasteiger partial charge in [0, 0.05) is 16.3 Å². The number of esters is 1. The second kappa shape index (κ2) is 9.31. The minimum Gasteiger partial charge on any atom is -0.493 e. The number of rotatable bonds is 8. The summed E-state index contributed by atoms with van der Waals surface area (Å²) < 4.78 is 39.0. The number of thiophene rings is 1. The SMILES string of the molecule is COc1cc(CNC(=O)COC(=O)c2cc(C)sc2C)ccc1OC(F)F. The number of amides is 1. The highest BCUT2D eigenvalue weighted by molar-refractivity contribution is 7.12. The largest absolute Gasteiger partial charge is 0.493 e. The van der Waals surface area contributed by atoms with Gasteiger partial charge in [-0.15, -0.1) is 11.3 Å². The molecule has 146 valence electrons. The molecule has 27 heavy (non-hydrogen) atoms. The topological polar surface area (TPSA) is 73.9 Å². The van der Waals surface area contributed by atoms with Crippen molar-refractivity contribution in [3.05, 3.63) is 45.1 Å². The maximum atomic E-state index is 12.3. The molecule has 1 aromatic heterocycles. The van der Waals surface area contributed by atoms with Crippen LogP contribution in [0.25, 0.3) is 0 Å². The van der Waals surface area contributed by atoms with Crippen molar-refractivity contribution in [2.24, 2.45) is 0 Å². The molecule has 6 nitrogen and oxygen atoms in total. The van der Waals surface area contributed by atoms with E-state index in [4.69, 9.17) is 9.47 Å². The van der Waals surface area contributed by atoms with Gasteiger partial charge >= 0.3 is 12.6 Å². The lowest BCUT2D eigenvalue weighted by molar-refractivity contribution is -0.124. The average molecular weight is 399 g/mol. The molecule has 0 aliphatic carbocycles. The van der Waals surface area contributed by atoms with Crippen LogP contribution in [0.15, 0.2) is 24.3 Å². The second-order valence-electron chi connectivity index (χ2n) is 5.54. The van der Waals surface area contributed by atoms with Gasteiger partial charge in [0.1, 0.15) is 0 Å². The molecule has 0 bridgehead atoms. The molecule has 0 atom stereocenters. The Morgan fingerprint density at radius 3 is 2.52 bits per heavy atom. The Kier molecular flexibility index (Phi) is 7.12. The minimum absolute atomic E-state index is 0.0991. The highest BCUT2D eigenvalue weighted by Crippen LogP contribution is 2.29. The molecule has 2 aromatic rings. The van der Waals surface area contributed by atoms with Gasteiger partial charge < -0.3 is 19.5 Å². The van der Waals surface area contributed by atoms with Crippen LogP contribution in [-0.2, 0) is 16.1 Å². The molecule has 0 saturated heterocycles. The van der Waals surface area contributed by atoms with Gasteiger partial charge in [-0.3, -0.25) is 4.79 Å². The first-order valence-electron chi connectivity index (χ1n) is 7.92. The van der Waals surface area contributed by atoms with Crippen molar-refractivity contribution in [2.45, 2.75) is 27.0 Å². The van der Waals surface area contributed by atoms with Crippen LogP contribution in [0.2, 0.25) is 0 Å². The predicted molar refractivity (Wildman–Crippen MR) is 95.5 cm³/mol. The van der Waals surface area contributed by atoms with Crippen LogP contribution >= 0.6 is 11.3 Å². The Balaban J connectivity index is 1.86. The maximum Gasteiger partial charge on any atom is 0.387 e. The lowest BCUT2D eigenvalue weighted by atomic mass is 10.2. The van der Waals surface area contributed by atoms with E-state index < -0.39 is 25.1 Å². The fourth-order valence-electron chi connectivity index (χ4n) is 2.31. The Morgan fingerprint density at radius 2 is 1.93 bits per heavy atom. The van der Waals surface area contributed by atoms with Gasteiger partial charge in [0.05, 0.1) is 12.7 Å². The van der Waals surface area contributed by atoms with Crippen molar-refractivity contribution >= 4 is 23.2 Å². The zero-order chi connectivity index (χ0) is 20.0. The summed E-state index contributed by atoms with van der Waals surface area (Å²) in [6.45, 7) is 0.417. The normalized spacial score (nSPS) is 10.6. The van der Waals surface area contributed by atoms with E-state index >= 15 is 0 Å². The third kappa shape index (κ3) is 5.92. The van der Waals surface area contributed by atoms with Crippen LogP contribution in [-0.4, -0.2) is 32.2 Å². The van der Waals surface area contributed by atoms with E-state index in [-0.39, 0.29) is 18.0 Å². The predicted octanol–water partition coefficient (Wildman–Crippen LogP) is 3.45. The summed E-state index contributed by atoms with van der Waals surface area (Å²) in [5.74, 6) is -1.02. The monoisotopic (exact) mass is 399 g/mol. The zero-order valence-corrected chi connectivity index (χ0v) is 15.8. The van der Waals surface area contributed by atoms with Crippen molar-refractivity contribution in [1.82, 2.24) is 5.32 Å². The average Bonchev–Trinajstić information content (AvgIpc) is 2.96. The van der Waals surface area contributed by atoms with Gasteiger partial charge in [0.15, 0.2) is 18.1 Å². The first-order valence-corrected chi connectivity index (χ1v) is 8.74. The van der Waals surface area contributed by atoms with Crippen molar-refractivity contribution in [2.75, 3.05) is 13.7 Å². The Labute approximate surface area is 159 Å². The first kappa shape index (κ1) is 20.6. The molecule has 0 unspecified atom stereocenters. The number of nitrogens with one attached hydrogen (secondary N) is 1. The molecule has 1 amide bonds. The highest BCUT2D eigenvalue weighted by atomic mass is 32.1. The molecular formula is C18H19F2NO5S. The summed E-state index contributed by atoms with van der Waals surface area (Å²) in [5.41, 5.74) is 1.06. The van der Waals surface area contributed by atoms with Crippen LogP contribution in [0.4, 0.5) is 8.78 Å². The molecule has 0 saturated carbocycles. The zero-order valence-electron chi connectivity index (χ0n) is 15.0. The van der Waals surface area contributed by atoms with Gasteiger partial charge in [-0.1, -0.05) is 6.07 Å². The van der Waals surface area contributed by atoms with Gasteiger partial charge in [-0.05, 0) is 37.6 Å². The molecular weight excluding hydrogens is 380 g/mol. The fourth-order valence-corrected chi connectivity index (χ4v) is 3.22. The van der Waals surface area contributed by atoms with Gasteiger partial charge in [0.2, 0.25) is 0 Å². The molecule has 1 heterocycles. The summed E-state index contributed by atoms with van der Waals surface area (Å²) in [6, 6.07) is 6.04. The molecule has 0 fully saturated rings. The number of methoxy groups -OCH3 is 1. The van der Waals surface area contributed by atoms with Crippen LogP contribution in [0.3, 0.4) is 0 Å². The van der Waals surface area contributed by atoms with E-state index in [1.54, 1.807) is 6.07 Å². The van der Waals surface area contributed by atoms with E-state index in [2.05, 4.69) is 10.1 Å². The van der Waals surface area contributed by atoms with Crippen molar-refractivity contribution in [3.63, 3.8) is 0 Å². The van der Waals surface area contributed by atoms with Crippen molar-refractivity contribution < 1.29 is 32.6 Å². The number of aryl methyl sites for hydroxylation is 2. The standard InChI is InChI=1S/C18H19F2NO5S/c1-10-6-13(11(2)27-10)17(23)25-9-16(22)21-8-12-4-5-14(26-18(19)20)15(7-12)24-3/h4-7,18H,8-9H2,1-3H3,(H,21,22). The highest BCUT2D eigenvalue weighted by Gasteiger charge is 2.15. The third-order valence-corrected chi connectivity index (χ3v) is 4.49. The molecule has 0 aliphatic heterocycles. The van der Waals surface area contributed by atoms with E-state index in [1.165, 1.54) is 36.6 Å². The van der Waals surface area contributed by atoms with E-state index in [0.29, 0.717) is 11.1 Å². The van der Waals surface area contributed by atoms with Gasteiger partial charge in [0.25, 0.3) is 5.91 Å². The lowest BCUT2D eigenvalue weighted by Gasteiger charge is -2.12. The number of hydrogen-bond acceptors (Lipinski definition) is 6.